The van der Waals surface area contributed by atoms with Crippen molar-refractivity contribution in [3.63, 3.8) is 0 Å². The van der Waals surface area contributed by atoms with Gasteiger partial charge < -0.3 is 10.3 Å². The number of alkyl halides is 2. The van der Waals surface area contributed by atoms with Crippen LogP contribution in [0.25, 0.3) is 11.0 Å². The summed E-state index contributed by atoms with van der Waals surface area (Å²) >= 11 is 6.24. The molecular weight excluding hydrogens is 350 g/mol. The molecular formula is C16H17ClF2N6. The first kappa shape index (κ1) is 16.3. The van der Waals surface area contributed by atoms with Gasteiger partial charge in [-0.2, -0.15) is 10.1 Å². The first-order chi connectivity index (χ1) is 12.1. The van der Waals surface area contributed by atoms with E-state index in [1.165, 1.54) is 10.9 Å². The number of anilines is 2. The number of hydrogen-bond acceptors (Lipinski definition) is 4. The lowest BCUT2D eigenvalue weighted by atomic mass is 10.2. The Morgan fingerprint density at radius 2 is 2.12 bits per heavy atom. The van der Waals surface area contributed by atoms with E-state index in [0.717, 1.165) is 23.9 Å². The number of aromatic amines is 1. The molecule has 1 fully saturated rings. The summed E-state index contributed by atoms with van der Waals surface area (Å²) in [5.74, 6) is 0.804. The molecule has 4 rings (SSSR count). The fourth-order valence-corrected chi connectivity index (χ4v) is 3.18. The number of nitrogens with zero attached hydrogens (tertiary/aromatic N) is 4. The Hall–Kier alpha value is -2.22. The molecule has 3 aromatic rings. The van der Waals surface area contributed by atoms with Gasteiger partial charge in [-0.3, -0.25) is 4.68 Å². The summed E-state index contributed by atoms with van der Waals surface area (Å²) in [6, 6.07) is -0.914. The van der Waals surface area contributed by atoms with E-state index in [9.17, 15) is 8.78 Å². The van der Waals surface area contributed by atoms with Crippen molar-refractivity contribution >= 4 is 34.3 Å². The van der Waals surface area contributed by atoms with Crippen LogP contribution in [0, 0.1) is 6.92 Å². The molecule has 0 saturated heterocycles. The Morgan fingerprint density at radius 3 is 2.80 bits per heavy atom. The van der Waals surface area contributed by atoms with Crippen LogP contribution >= 0.6 is 11.6 Å². The number of aromatic nitrogens is 5. The van der Waals surface area contributed by atoms with Crippen molar-refractivity contribution in [2.75, 3.05) is 18.7 Å². The van der Waals surface area contributed by atoms with Crippen LogP contribution in [0.1, 0.15) is 36.2 Å². The second kappa shape index (κ2) is 6.25. The van der Waals surface area contributed by atoms with Gasteiger partial charge in [0.2, 0.25) is 5.95 Å². The molecule has 0 spiro atoms. The average molecular weight is 367 g/mol. The molecule has 132 valence electrons. The molecule has 9 heteroatoms. The van der Waals surface area contributed by atoms with Gasteiger partial charge in [0.1, 0.15) is 25.0 Å². The predicted octanol–water partition coefficient (Wildman–Crippen LogP) is 4.22. The molecule has 0 amide bonds. The smallest absolute Gasteiger partial charge is 0.229 e. The maximum absolute atomic E-state index is 12.9. The summed E-state index contributed by atoms with van der Waals surface area (Å²) in [5, 5.41) is 8.66. The Bertz CT molecular complexity index is 913. The van der Waals surface area contributed by atoms with Crippen molar-refractivity contribution in [2.45, 2.75) is 31.7 Å². The molecule has 1 aliphatic carbocycles. The van der Waals surface area contributed by atoms with Crippen LogP contribution < -0.4 is 5.32 Å². The maximum Gasteiger partial charge on any atom is 0.229 e. The number of nitrogens with one attached hydrogen (secondary N) is 2. The largest absolute Gasteiger partial charge is 0.344 e. The lowest BCUT2D eigenvalue weighted by molar-refractivity contribution is 0.269. The zero-order valence-corrected chi connectivity index (χ0v) is 14.3. The fraction of sp³-hybridized carbons (Fsp3) is 0.438. The van der Waals surface area contributed by atoms with Crippen LogP contribution in [-0.2, 0) is 0 Å². The zero-order chi connectivity index (χ0) is 17.6. The van der Waals surface area contributed by atoms with Crippen molar-refractivity contribution in [1.29, 1.82) is 0 Å². The maximum atomic E-state index is 12.9. The lowest BCUT2D eigenvalue weighted by Gasteiger charge is -2.12. The molecule has 3 aromatic heterocycles. The third-order valence-electron chi connectivity index (χ3n) is 4.47. The molecule has 0 aliphatic heterocycles. The van der Waals surface area contributed by atoms with E-state index in [0.29, 0.717) is 33.9 Å². The third kappa shape index (κ3) is 2.84. The van der Waals surface area contributed by atoms with Crippen LogP contribution in [0.5, 0.6) is 0 Å². The number of halogens is 3. The average Bonchev–Trinajstić information content (AvgIpc) is 3.32. The van der Waals surface area contributed by atoms with Gasteiger partial charge >= 0.3 is 0 Å². The van der Waals surface area contributed by atoms with Crippen LogP contribution in [0.15, 0.2) is 12.4 Å². The van der Waals surface area contributed by atoms with Crippen molar-refractivity contribution in [3.05, 3.63) is 28.8 Å². The van der Waals surface area contributed by atoms with E-state index in [1.54, 1.807) is 13.1 Å². The van der Waals surface area contributed by atoms with Gasteiger partial charge in [-0.1, -0.05) is 11.6 Å². The van der Waals surface area contributed by atoms with Gasteiger partial charge in [-0.25, -0.2) is 13.8 Å². The van der Waals surface area contributed by atoms with Gasteiger partial charge in [-0.15, -0.1) is 0 Å². The highest BCUT2D eigenvalue weighted by Crippen LogP contribution is 2.44. The molecule has 0 bridgehead atoms. The minimum Gasteiger partial charge on any atom is -0.344 e. The fourth-order valence-electron chi connectivity index (χ4n) is 2.94. The third-order valence-corrected chi connectivity index (χ3v) is 4.77. The molecule has 0 aromatic carbocycles. The first-order valence-corrected chi connectivity index (χ1v) is 8.47. The van der Waals surface area contributed by atoms with E-state index >= 15 is 0 Å². The number of fused-ring (bicyclic) bond motifs is 1. The molecule has 6 nitrogen and oxygen atoms in total. The van der Waals surface area contributed by atoms with E-state index in [-0.39, 0.29) is 0 Å². The monoisotopic (exact) mass is 366 g/mol. The molecule has 1 saturated carbocycles. The highest BCUT2D eigenvalue weighted by Gasteiger charge is 2.29. The quantitative estimate of drug-likeness (QED) is 0.685. The Balaban J connectivity index is 1.70. The van der Waals surface area contributed by atoms with Crippen molar-refractivity contribution in [2.24, 2.45) is 0 Å². The minimum absolute atomic E-state index is 0.394. The van der Waals surface area contributed by atoms with E-state index in [4.69, 9.17) is 11.6 Å². The van der Waals surface area contributed by atoms with E-state index in [2.05, 4.69) is 25.4 Å². The normalized spacial score (nSPS) is 14.6. The summed E-state index contributed by atoms with van der Waals surface area (Å²) in [7, 11) is 0. The number of rotatable bonds is 6. The molecule has 0 atom stereocenters. The van der Waals surface area contributed by atoms with Crippen LogP contribution in [0.3, 0.4) is 0 Å². The number of hydrogen-bond donors (Lipinski definition) is 2. The van der Waals surface area contributed by atoms with Crippen LogP contribution in [0.4, 0.5) is 20.4 Å². The topological polar surface area (TPSA) is 71.4 Å². The van der Waals surface area contributed by atoms with Crippen molar-refractivity contribution in [1.82, 2.24) is 24.7 Å². The Kier molecular flexibility index (Phi) is 4.07. The van der Waals surface area contributed by atoms with Crippen molar-refractivity contribution < 1.29 is 8.78 Å². The summed E-state index contributed by atoms with van der Waals surface area (Å²) < 4.78 is 27.2. The second-order valence-electron chi connectivity index (χ2n) is 6.24. The number of H-pyrrole nitrogens is 1. The minimum atomic E-state index is -0.914. The highest BCUT2D eigenvalue weighted by atomic mass is 35.5. The van der Waals surface area contributed by atoms with Gasteiger partial charge in [0.05, 0.1) is 33.7 Å². The second-order valence-corrected chi connectivity index (χ2v) is 6.65. The summed E-state index contributed by atoms with van der Waals surface area (Å²) in [5.41, 5.74) is 2.83. The molecule has 2 N–H and O–H groups in total. The highest BCUT2D eigenvalue weighted by molar-refractivity contribution is 6.35. The SMILES string of the molecule is Cc1c(Nc2nc(C3CC3)c3c(Cl)c[nH]c3n2)cnn1C(CF)CF. The summed E-state index contributed by atoms with van der Waals surface area (Å²) in [4.78, 5) is 12.1. The first-order valence-electron chi connectivity index (χ1n) is 8.10. The molecule has 25 heavy (non-hydrogen) atoms. The van der Waals surface area contributed by atoms with Crippen molar-refractivity contribution in [3.8, 4) is 0 Å². The lowest BCUT2D eigenvalue weighted by Crippen LogP contribution is -2.16. The van der Waals surface area contributed by atoms with Crippen LogP contribution in [-0.4, -0.2) is 38.1 Å². The zero-order valence-electron chi connectivity index (χ0n) is 13.6. The van der Waals surface area contributed by atoms with Gasteiger partial charge in [0.25, 0.3) is 0 Å². The molecule has 1 aliphatic rings. The van der Waals surface area contributed by atoms with Crippen LogP contribution in [0.2, 0.25) is 5.02 Å². The summed E-state index contributed by atoms with van der Waals surface area (Å²) in [6.07, 6.45) is 5.39. The standard InChI is InChI=1S/C16H17ClF2N6/c1-8-12(7-21-25(8)10(4-18)5-19)22-16-23-14(9-2-3-9)13-11(17)6-20-15(13)24-16/h6-7,9-10H,2-5H2,1H3,(H2,20,22,23,24). The van der Waals surface area contributed by atoms with Gasteiger partial charge in [0, 0.05) is 12.1 Å². The molecule has 0 radical (unpaired) electrons. The van der Waals surface area contributed by atoms with E-state index < -0.39 is 19.4 Å². The summed E-state index contributed by atoms with van der Waals surface area (Å²) in [6.45, 7) is 0.126. The Labute approximate surface area is 147 Å². The predicted molar refractivity (Wildman–Crippen MR) is 92.1 cm³/mol. The molecule has 0 unspecified atom stereocenters. The van der Waals surface area contributed by atoms with Gasteiger partial charge in [0.15, 0.2) is 0 Å². The van der Waals surface area contributed by atoms with Gasteiger partial charge in [-0.05, 0) is 19.8 Å². The molecule has 3 heterocycles. The van der Waals surface area contributed by atoms with E-state index in [1.807, 2.05) is 0 Å². The Morgan fingerprint density at radius 1 is 1.36 bits per heavy atom.